The van der Waals surface area contributed by atoms with E-state index in [-0.39, 0.29) is 22.7 Å². The summed E-state index contributed by atoms with van der Waals surface area (Å²) < 4.78 is 1.11. The fraction of sp³-hybridized carbons (Fsp3) is 0.562. The summed E-state index contributed by atoms with van der Waals surface area (Å²) in [4.78, 5) is 12.4. The van der Waals surface area contributed by atoms with Crippen LogP contribution in [-0.2, 0) is 4.79 Å². The van der Waals surface area contributed by atoms with Crippen LogP contribution in [0.25, 0.3) is 0 Å². The van der Waals surface area contributed by atoms with Gasteiger partial charge in [0, 0.05) is 16.1 Å². The maximum atomic E-state index is 12.4. The lowest BCUT2D eigenvalue weighted by atomic mass is 10.0. The van der Waals surface area contributed by atoms with E-state index in [0.717, 1.165) is 21.3 Å². The molecule has 0 aromatic heterocycles. The number of halogens is 1. The summed E-state index contributed by atoms with van der Waals surface area (Å²) in [5, 5.41) is 3.06. The molecule has 2 nitrogen and oxygen atoms in total. The van der Waals surface area contributed by atoms with E-state index in [0.29, 0.717) is 0 Å². The van der Waals surface area contributed by atoms with Crippen LogP contribution in [0.5, 0.6) is 0 Å². The first-order chi connectivity index (χ1) is 8.59. The van der Waals surface area contributed by atoms with Crippen molar-refractivity contribution in [3.8, 4) is 0 Å². The first-order valence-corrected chi connectivity index (χ1v) is 7.46. The van der Waals surface area contributed by atoms with E-state index >= 15 is 0 Å². The molecule has 0 saturated heterocycles. The largest absolute Gasteiger partial charge is 0.326 e. The van der Waals surface area contributed by atoms with E-state index in [1.165, 1.54) is 0 Å². The number of carbonyl (C=O) groups excluding carboxylic acids is 1. The van der Waals surface area contributed by atoms with Crippen LogP contribution in [0.15, 0.2) is 16.6 Å². The third-order valence-electron chi connectivity index (χ3n) is 4.99. The van der Waals surface area contributed by atoms with Gasteiger partial charge in [0.25, 0.3) is 0 Å². The Balaban J connectivity index is 2.18. The number of rotatable bonds is 2. The lowest BCUT2D eigenvalue weighted by Gasteiger charge is -2.10. The number of hydrogen-bond acceptors (Lipinski definition) is 1. The fourth-order valence-corrected chi connectivity index (χ4v) is 3.31. The molecule has 104 valence electrons. The smallest absolute Gasteiger partial charge is 0.228 e. The number of hydrogen-bond donors (Lipinski definition) is 1. The minimum Gasteiger partial charge on any atom is -0.326 e. The van der Waals surface area contributed by atoms with Crippen LogP contribution in [0.4, 0.5) is 5.69 Å². The highest BCUT2D eigenvalue weighted by Crippen LogP contribution is 2.68. The Morgan fingerprint density at radius 2 is 1.53 bits per heavy atom. The summed E-state index contributed by atoms with van der Waals surface area (Å²) in [5.74, 6) is 0.223. The Hall–Kier alpha value is -0.830. The number of benzene rings is 1. The topological polar surface area (TPSA) is 29.1 Å². The second-order valence-electron chi connectivity index (χ2n) is 6.79. The van der Waals surface area contributed by atoms with Gasteiger partial charge in [0.15, 0.2) is 0 Å². The average Bonchev–Trinajstić information content (AvgIpc) is 2.65. The molecule has 1 N–H and O–H groups in total. The van der Waals surface area contributed by atoms with Crippen LogP contribution in [0.3, 0.4) is 0 Å². The molecular weight excluding hydrogens is 302 g/mol. The number of anilines is 1. The molecule has 1 aromatic carbocycles. The molecule has 1 aliphatic rings. The minimum absolute atomic E-state index is 0.0799. The summed E-state index contributed by atoms with van der Waals surface area (Å²) in [6.07, 6.45) is 0. The molecule has 1 saturated carbocycles. The molecule has 0 aliphatic heterocycles. The van der Waals surface area contributed by atoms with Gasteiger partial charge < -0.3 is 5.32 Å². The molecule has 2 rings (SSSR count). The Morgan fingerprint density at radius 3 is 1.89 bits per heavy atom. The third kappa shape index (κ3) is 2.22. The average molecular weight is 324 g/mol. The van der Waals surface area contributed by atoms with Crippen molar-refractivity contribution in [3.05, 3.63) is 27.7 Å². The van der Waals surface area contributed by atoms with Crippen molar-refractivity contribution in [2.45, 2.75) is 41.5 Å². The molecule has 0 heterocycles. The van der Waals surface area contributed by atoms with Gasteiger partial charge in [0.05, 0.1) is 0 Å². The van der Waals surface area contributed by atoms with Gasteiger partial charge in [-0.25, -0.2) is 0 Å². The maximum Gasteiger partial charge on any atom is 0.228 e. The van der Waals surface area contributed by atoms with Gasteiger partial charge in [-0.15, -0.1) is 0 Å². The second kappa shape index (κ2) is 4.34. The molecular formula is C16H22BrNO. The molecule has 1 aliphatic carbocycles. The number of nitrogens with one attached hydrogen (secondary N) is 1. The Kier molecular flexibility index (Phi) is 3.33. The van der Waals surface area contributed by atoms with Gasteiger partial charge in [-0.2, -0.15) is 0 Å². The molecule has 1 fully saturated rings. The maximum absolute atomic E-state index is 12.4. The summed E-state index contributed by atoms with van der Waals surface area (Å²) in [5.41, 5.74) is 3.34. The van der Waals surface area contributed by atoms with E-state index < -0.39 is 0 Å². The highest BCUT2D eigenvalue weighted by Gasteiger charge is 2.68. The van der Waals surface area contributed by atoms with Crippen LogP contribution in [0, 0.1) is 30.6 Å². The fourth-order valence-electron chi connectivity index (χ4n) is 3.08. The van der Waals surface area contributed by atoms with Crippen LogP contribution in [0.1, 0.15) is 38.8 Å². The zero-order valence-corrected chi connectivity index (χ0v) is 14.1. The first-order valence-electron chi connectivity index (χ1n) is 6.66. The van der Waals surface area contributed by atoms with Gasteiger partial charge in [-0.05, 0) is 47.9 Å². The lowest BCUT2D eigenvalue weighted by molar-refractivity contribution is -0.118. The SMILES string of the molecule is Cc1cc(NC(=O)C2C(C)(C)C2(C)C)cc(C)c1Br. The van der Waals surface area contributed by atoms with Crippen molar-refractivity contribution < 1.29 is 4.79 Å². The molecule has 19 heavy (non-hydrogen) atoms. The highest BCUT2D eigenvalue weighted by molar-refractivity contribution is 9.10. The van der Waals surface area contributed by atoms with E-state index in [1.54, 1.807) is 0 Å². The van der Waals surface area contributed by atoms with E-state index in [2.05, 4.69) is 48.9 Å². The first kappa shape index (κ1) is 14.6. The number of carbonyl (C=O) groups is 1. The molecule has 3 heteroatoms. The molecule has 0 spiro atoms. The zero-order chi connectivity index (χ0) is 14.6. The molecule has 1 amide bonds. The molecule has 1 aromatic rings. The minimum atomic E-state index is 0.0799. The van der Waals surface area contributed by atoms with Gasteiger partial charge in [0.1, 0.15) is 0 Å². The summed E-state index contributed by atoms with van der Waals surface area (Å²) >= 11 is 3.54. The molecule has 0 radical (unpaired) electrons. The van der Waals surface area contributed by atoms with E-state index in [1.807, 2.05) is 26.0 Å². The zero-order valence-electron chi connectivity index (χ0n) is 12.5. The van der Waals surface area contributed by atoms with Crippen molar-refractivity contribution in [1.82, 2.24) is 0 Å². The van der Waals surface area contributed by atoms with Crippen LogP contribution >= 0.6 is 15.9 Å². The predicted molar refractivity (Wildman–Crippen MR) is 83.3 cm³/mol. The summed E-state index contributed by atoms with van der Waals surface area (Å²) in [7, 11) is 0. The number of amides is 1. The molecule has 0 unspecified atom stereocenters. The van der Waals surface area contributed by atoms with Crippen LogP contribution in [0.2, 0.25) is 0 Å². The Morgan fingerprint density at radius 1 is 1.11 bits per heavy atom. The van der Waals surface area contributed by atoms with Crippen LogP contribution in [-0.4, -0.2) is 5.91 Å². The van der Waals surface area contributed by atoms with Gasteiger partial charge in [-0.3, -0.25) is 4.79 Å². The quantitative estimate of drug-likeness (QED) is 0.840. The molecule has 0 atom stereocenters. The standard InChI is InChI=1S/C16H22BrNO/c1-9-7-11(8-10(2)12(9)17)18-14(19)13-15(3,4)16(13,5)6/h7-8,13H,1-6H3,(H,18,19). The normalized spacial score (nSPS) is 20.2. The van der Waals surface area contributed by atoms with Gasteiger partial charge >= 0.3 is 0 Å². The number of aryl methyl sites for hydroxylation is 2. The van der Waals surface area contributed by atoms with Crippen molar-refractivity contribution in [1.29, 1.82) is 0 Å². The predicted octanol–water partition coefficient (Wildman–Crippen LogP) is 4.69. The van der Waals surface area contributed by atoms with Crippen molar-refractivity contribution >= 4 is 27.5 Å². The van der Waals surface area contributed by atoms with Crippen molar-refractivity contribution in [2.24, 2.45) is 16.7 Å². The monoisotopic (exact) mass is 323 g/mol. The second-order valence-corrected chi connectivity index (χ2v) is 7.58. The Bertz CT molecular complexity index is 509. The summed E-state index contributed by atoms with van der Waals surface area (Å²) in [6, 6.07) is 4.02. The van der Waals surface area contributed by atoms with E-state index in [4.69, 9.17) is 0 Å². The third-order valence-corrected chi connectivity index (χ3v) is 6.24. The lowest BCUT2D eigenvalue weighted by Crippen LogP contribution is -2.17. The van der Waals surface area contributed by atoms with Gasteiger partial charge in [0.2, 0.25) is 5.91 Å². The highest BCUT2D eigenvalue weighted by atomic mass is 79.9. The van der Waals surface area contributed by atoms with Gasteiger partial charge in [-0.1, -0.05) is 43.6 Å². The van der Waals surface area contributed by atoms with Crippen molar-refractivity contribution in [3.63, 3.8) is 0 Å². The summed E-state index contributed by atoms with van der Waals surface area (Å²) in [6.45, 7) is 12.7. The van der Waals surface area contributed by atoms with Crippen molar-refractivity contribution in [2.75, 3.05) is 5.32 Å². The van der Waals surface area contributed by atoms with E-state index in [9.17, 15) is 4.79 Å². The Labute approximate surface area is 124 Å². The van der Waals surface area contributed by atoms with Crippen LogP contribution < -0.4 is 5.32 Å². The molecule has 0 bridgehead atoms.